The minimum atomic E-state index is -0.924. The minimum absolute atomic E-state index is 0.156. The topological polar surface area (TPSA) is 88.2 Å². The van der Waals surface area contributed by atoms with Crippen molar-refractivity contribution in [2.24, 2.45) is 0 Å². The van der Waals surface area contributed by atoms with Gasteiger partial charge in [-0.3, -0.25) is 9.78 Å². The molecule has 0 bridgehead atoms. The number of hydrogen-bond acceptors (Lipinski definition) is 4. The van der Waals surface area contributed by atoms with Crippen LogP contribution in [0.15, 0.2) is 28.9 Å². The zero-order valence-electron chi connectivity index (χ0n) is 8.77. The van der Waals surface area contributed by atoms with Crippen LogP contribution in [0.5, 0.6) is 0 Å². The first kappa shape index (κ1) is 11.7. The van der Waals surface area contributed by atoms with E-state index in [1.807, 2.05) is 6.07 Å². The van der Waals surface area contributed by atoms with Crippen molar-refractivity contribution in [1.82, 2.24) is 4.98 Å². The Morgan fingerprint density at radius 3 is 3.00 bits per heavy atom. The molecule has 1 heterocycles. The zero-order valence-corrected chi connectivity index (χ0v) is 10.4. The number of halogens is 1. The van der Waals surface area contributed by atoms with Crippen LogP contribution in [0.1, 0.15) is 0 Å². The summed E-state index contributed by atoms with van der Waals surface area (Å²) in [6, 6.07) is 5.30. The van der Waals surface area contributed by atoms with Gasteiger partial charge < -0.3 is 16.2 Å². The molecule has 17 heavy (non-hydrogen) atoms. The smallest absolute Gasteiger partial charge is 0.322 e. The Morgan fingerprint density at radius 2 is 2.29 bits per heavy atom. The largest absolute Gasteiger partial charge is 0.480 e. The summed E-state index contributed by atoms with van der Waals surface area (Å²) in [5, 5.41) is 12.2. The third-order valence-corrected chi connectivity index (χ3v) is 2.71. The summed E-state index contributed by atoms with van der Waals surface area (Å²) in [5.41, 5.74) is 7.77. The number of aromatic nitrogens is 1. The summed E-state index contributed by atoms with van der Waals surface area (Å²) in [4.78, 5) is 14.8. The second-order valence-electron chi connectivity index (χ2n) is 3.50. The Labute approximate surface area is 106 Å². The van der Waals surface area contributed by atoms with E-state index in [9.17, 15) is 4.79 Å². The molecule has 0 unspecified atom stereocenters. The van der Waals surface area contributed by atoms with Gasteiger partial charge in [-0.25, -0.2) is 0 Å². The monoisotopic (exact) mass is 295 g/mol. The molecule has 0 spiro atoms. The van der Waals surface area contributed by atoms with E-state index in [0.29, 0.717) is 16.9 Å². The van der Waals surface area contributed by atoms with Crippen LogP contribution in [-0.2, 0) is 4.79 Å². The van der Waals surface area contributed by atoms with E-state index in [1.165, 1.54) is 0 Å². The molecule has 0 aliphatic carbocycles. The van der Waals surface area contributed by atoms with E-state index in [1.54, 1.807) is 18.3 Å². The van der Waals surface area contributed by atoms with Gasteiger partial charge in [0.1, 0.15) is 6.54 Å². The number of nitrogens with two attached hydrogens (primary N) is 1. The molecule has 88 valence electrons. The third-order valence-electron chi connectivity index (χ3n) is 2.28. The number of carbonyl (C=O) groups is 1. The fourth-order valence-corrected chi connectivity index (χ4v) is 1.86. The lowest BCUT2D eigenvalue weighted by Gasteiger charge is -2.09. The summed E-state index contributed by atoms with van der Waals surface area (Å²) in [5.74, 6) is -0.924. The van der Waals surface area contributed by atoms with Gasteiger partial charge in [0.05, 0.1) is 11.2 Å². The Bertz CT molecular complexity index is 586. The van der Waals surface area contributed by atoms with E-state index in [-0.39, 0.29) is 6.54 Å². The number of carboxylic acids is 1. The van der Waals surface area contributed by atoms with E-state index in [2.05, 4.69) is 26.2 Å². The minimum Gasteiger partial charge on any atom is -0.480 e. The number of anilines is 2. The van der Waals surface area contributed by atoms with E-state index in [0.717, 1.165) is 9.86 Å². The fraction of sp³-hybridized carbons (Fsp3) is 0.0909. The maximum Gasteiger partial charge on any atom is 0.322 e. The molecule has 0 saturated heterocycles. The van der Waals surface area contributed by atoms with Crippen LogP contribution in [0.2, 0.25) is 0 Å². The molecule has 2 rings (SSSR count). The van der Waals surface area contributed by atoms with Gasteiger partial charge in [-0.1, -0.05) is 0 Å². The van der Waals surface area contributed by atoms with Crippen molar-refractivity contribution in [3.8, 4) is 0 Å². The fourth-order valence-electron chi connectivity index (χ4n) is 1.53. The van der Waals surface area contributed by atoms with Crippen molar-refractivity contribution < 1.29 is 9.90 Å². The molecule has 0 atom stereocenters. The average molecular weight is 296 g/mol. The number of hydrogen-bond donors (Lipinski definition) is 3. The van der Waals surface area contributed by atoms with Crippen molar-refractivity contribution >= 4 is 44.2 Å². The second-order valence-corrected chi connectivity index (χ2v) is 4.42. The van der Waals surface area contributed by atoms with Crippen LogP contribution in [0.25, 0.3) is 10.9 Å². The summed E-state index contributed by atoms with van der Waals surface area (Å²) in [6.45, 7) is -0.156. The predicted octanol–water partition coefficient (Wildman–Crippen LogP) is 2.08. The molecule has 0 saturated carbocycles. The standard InChI is InChI=1S/C11H10BrN3O2/c12-6-3-7-8(13)1-2-9(11(7)15-4-6)14-5-10(16)17/h1-4,14H,5,13H2,(H,16,17). The zero-order chi connectivity index (χ0) is 12.4. The molecule has 1 aromatic carbocycles. The Balaban J connectivity index is 2.50. The van der Waals surface area contributed by atoms with Gasteiger partial charge >= 0.3 is 5.97 Å². The van der Waals surface area contributed by atoms with Crippen molar-refractivity contribution in [2.75, 3.05) is 17.6 Å². The Hall–Kier alpha value is -1.82. The lowest BCUT2D eigenvalue weighted by molar-refractivity contribution is -0.134. The van der Waals surface area contributed by atoms with Crippen LogP contribution < -0.4 is 11.1 Å². The first-order valence-corrected chi connectivity index (χ1v) is 5.66. The highest BCUT2D eigenvalue weighted by atomic mass is 79.9. The van der Waals surface area contributed by atoms with Crippen LogP contribution in [0.4, 0.5) is 11.4 Å². The summed E-state index contributed by atoms with van der Waals surface area (Å²) < 4.78 is 0.826. The van der Waals surface area contributed by atoms with Gasteiger partial charge in [-0.2, -0.15) is 0 Å². The normalized spacial score (nSPS) is 10.4. The SMILES string of the molecule is Nc1ccc(NCC(=O)O)c2ncc(Br)cc12. The number of pyridine rings is 1. The first-order chi connectivity index (χ1) is 8.08. The molecule has 0 radical (unpaired) electrons. The highest BCUT2D eigenvalue weighted by Gasteiger charge is 2.07. The van der Waals surface area contributed by atoms with Gasteiger partial charge in [0.2, 0.25) is 0 Å². The van der Waals surface area contributed by atoms with Crippen LogP contribution in [-0.4, -0.2) is 22.6 Å². The van der Waals surface area contributed by atoms with Crippen molar-refractivity contribution in [3.63, 3.8) is 0 Å². The number of aliphatic carboxylic acids is 1. The molecule has 0 aliphatic heterocycles. The van der Waals surface area contributed by atoms with E-state index in [4.69, 9.17) is 10.8 Å². The third kappa shape index (κ3) is 2.47. The van der Waals surface area contributed by atoms with Gasteiger partial charge in [-0.05, 0) is 34.1 Å². The van der Waals surface area contributed by atoms with E-state index >= 15 is 0 Å². The molecule has 2 aromatic rings. The number of rotatable bonds is 3. The molecule has 4 N–H and O–H groups in total. The number of nitrogen functional groups attached to an aromatic ring is 1. The van der Waals surface area contributed by atoms with Gasteiger partial charge in [0, 0.05) is 21.7 Å². The number of nitrogens with zero attached hydrogens (tertiary/aromatic N) is 1. The molecule has 0 fully saturated rings. The number of carboxylic acid groups (broad SMARTS) is 1. The summed E-state index contributed by atoms with van der Waals surface area (Å²) in [7, 11) is 0. The highest BCUT2D eigenvalue weighted by Crippen LogP contribution is 2.28. The molecule has 6 heteroatoms. The lowest BCUT2D eigenvalue weighted by atomic mass is 10.1. The van der Waals surface area contributed by atoms with Crippen molar-refractivity contribution in [2.45, 2.75) is 0 Å². The maximum atomic E-state index is 10.5. The van der Waals surface area contributed by atoms with Crippen molar-refractivity contribution in [1.29, 1.82) is 0 Å². The quantitative estimate of drug-likeness (QED) is 0.755. The van der Waals surface area contributed by atoms with Crippen LogP contribution in [0, 0.1) is 0 Å². The van der Waals surface area contributed by atoms with Gasteiger partial charge in [0.15, 0.2) is 0 Å². The lowest BCUT2D eigenvalue weighted by Crippen LogP contribution is -2.12. The first-order valence-electron chi connectivity index (χ1n) is 4.87. The molecular weight excluding hydrogens is 286 g/mol. The van der Waals surface area contributed by atoms with Gasteiger partial charge in [0.25, 0.3) is 0 Å². The Morgan fingerprint density at radius 1 is 1.53 bits per heavy atom. The van der Waals surface area contributed by atoms with Crippen LogP contribution >= 0.6 is 15.9 Å². The summed E-state index contributed by atoms with van der Waals surface area (Å²) in [6.07, 6.45) is 1.65. The van der Waals surface area contributed by atoms with E-state index < -0.39 is 5.97 Å². The number of nitrogens with one attached hydrogen (secondary N) is 1. The van der Waals surface area contributed by atoms with Crippen molar-refractivity contribution in [3.05, 3.63) is 28.9 Å². The average Bonchev–Trinajstić information content (AvgIpc) is 2.28. The molecule has 1 aromatic heterocycles. The highest BCUT2D eigenvalue weighted by molar-refractivity contribution is 9.10. The number of fused-ring (bicyclic) bond motifs is 1. The second kappa shape index (κ2) is 4.58. The molecule has 0 aliphatic rings. The molecule has 0 amide bonds. The predicted molar refractivity (Wildman–Crippen MR) is 70.0 cm³/mol. The number of benzene rings is 1. The molecular formula is C11H10BrN3O2. The van der Waals surface area contributed by atoms with Crippen LogP contribution in [0.3, 0.4) is 0 Å². The Kier molecular flexibility index (Phi) is 3.14. The van der Waals surface area contributed by atoms with Gasteiger partial charge in [-0.15, -0.1) is 0 Å². The maximum absolute atomic E-state index is 10.5. The molecule has 5 nitrogen and oxygen atoms in total. The summed E-state index contributed by atoms with van der Waals surface area (Å²) >= 11 is 3.32.